The number of aryl methyl sites for hydroxylation is 1. The molecule has 18 heavy (non-hydrogen) atoms. The molecule has 0 bridgehead atoms. The number of rotatable bonds is 4. The Bertz CT molecular complexity index is 547. The van der Waals surface area contributed by atoms with Gasteiger partial charge in [-0.15, -0.1) is 0 Å². The molecule has 2 rings (SSSR count). The Morgan fingerprint density at radius 1 is 1.22 bits per heavy atom. The Morgan fingerprint density at radius 3 is 2.61 bits per heavy atom. The molecule has 96 valence electrons. The molecule has 2 N–H and O–H groups in total. The van der Waals surface area contributed by atoms with E-state index in [9.17, 15) is 0 Å². The minimum absolute atomic E-state index is 0.721. The second kappa shape index (κ2) is 5.36. The highest BCUT2D eigenvalue weighted by molar-refractivity contribution is 5.93. The van der Waals surface area contributed by atoms with Crippen molar-refractivity contribution in [3.05, 3.63) is 35.5 Å². The number of nitrogens with two attached hydrogens (primary N) is 1. The van der Waals surface area contributed by atoms with Crippen LogP contribution in [0.5, 0.6) is 0 Å². The zero-order chi connectivity index (χ0) is 13.1. The van der Waals surface area contributed by atoms with Gasteiger partial charge in [-0.1, -0.05) is 18.2 Å². The average Bonchev–Trinajstić information content (AvgIpc) is 2.35. The minimum atomic E-state index is 0.721. The monoisotopic (exact) mass is 243 g/mol. The summed E-state index contributed by atoms with van der Waals surface area (Å²) >= 11 is 0. The number of anilines is 1. The topological polar surface area (TPSA) is 42.2 Å². The molecule has 0 aliphatic rings. The SMILES string of the molecule is Cc1nc2ccccc2c(N(C)C)c1CCCN. The number of fused-ring (bicyclic) bond motifs is 1. The third-order valence-corrected chi connectivity index (χ3v) is 3.25. The van der Waals surface area contributed by atoms with E-state index in [0.29, 0.717) is 0 Å². The van der Waals surface area contributed by atoms with E-state index in [0.717, 1.165) is 30.6 Å². The lowest BCUT2D eigenvalue weighted by molar-refractivity contribution is 0.820. The van der Waals surface area contributed by atoms with Crippen LogP contribution >= 0.6 is 0 Å². The molecular formula is C15H21N3. The Labute approximate surface area is 109 Å². The fraction of sp³-hybridized carbons (Fsp3) is 0.400. The molecule has 0 spiro atoms. The number of para-hydroxylation sites is 1. The maximum Gasteiger partial charge on any atom is 0.0726 e. The van der Waals surface area contributed by atoms with Crippen LogP contribution in [-0.4, -0.2) is 25.6 Å². The zero-order valence-corrected chi connectivity index (χ0v) is 11.4. The van der Waals surface area contributed by atoms with E-state index in [1.807, 2.05) is 6.07 Å². The van der Waals surface area contributed by atoms with E-state index < -0.39 is 0 Å². The second-order valence-electron chi connectivity index (χ2n) is 4.83. The van der Waals surface area contributed by atoms with Crippen molar-refractivity contribution >= 4 is 16.6 Å². The molecule has 3 nitrogen and oxygen atoms in total. The highest BCUT2D eigenvalue weighted by Crippen LogP contribution is 2.31. The molecule has 0 aliphatic carbocycles. The smallest absolute Gasteiger partial charge is 0.0726 e. The van der Waals surface area contributed by atoms with Crippen molar-refractivity contribution < 1.29 is 0 Å². The van der Waals surface area contributed by atoms with Crippen LogP contribution in [0, 0.1) is 6.92 Å². The van der Waals surface area contributed by atoms with E-state index in [1.165, 1.54) is 16.6 Å². The summed E-state index contributed by atoms with van der Waals surface area (Å²) < 4.78 is 0. The quantitative estimate of drug-likeness (QED) is 0.897. The van der Waals surface area contributed by atoms with Gasteiger partial charge in [-0.2, -0.15) is 0 Å². The third kappa shape index (κ3) is 2.31. The first kappa shape index (κ1) is 12.8. The maximum atomic E-state index is 5.63. The summed E-state index contributed by atoms with van der Waals surface area (Å²) in [5.74, 6) is 0. The van der Waals surface area contributed by atoms with Crippen molar-refractivity contribution in [2.75, 3.05) is 25.5 Å². The van der Waals surface area contributed by atoms with Gasteiger partial charge < -0.3 is 10.6 Å². The third-order valence-electron chi connectivity index (χ3n) is 3.25. The molecule has 2 aromatic rings. The van der Waals surface area contributed by atoms with Gasteiger partial charge in [0.2, 0.25) is 0 Å². The summed E-state index contributed by atoms with van der Waals surface area (Å²) in [6, 6.07) is 8.32. The van der Waals surface area contributed by atoms with Gasteiger partial charge in [-0.3, -0.25) is 4.98 Å². The van der Waals surface area contributed by atoms with Crippen LogP contribution in [0.15, 0.2) is 24.3 Å². The lowest BCUT2D eigenvalue weighted by Crippen LogP contribution is -2.14. The van der Waals surface area contributed by atoms with E-state index in [1.54, 1.807) is 0 Å². The van der Waals surface area contributed by atoms with Crippen molar-refractivity contribution in [1.29, 1.82) is 0 Å². The van der Waals surface area contributed by atoms with Crippen molar-refractivity contribution in [2.45, 2.75) is 19.8 Å². The van der Waals surface area contributed by atoms with E-state index >= 15 is 0 Å². The Hall–Kier alpha value is -1.61. The minimum Gasteiger partial charge on any atom is -0.377 e. The van der Waals surface area contributed by atoms with Gasteiger partial charge in [0.05, 0.1) is 11.2 Å². The largest absolute Gasteiger partial charge is 0.377 e. The lowest BCUT2D eigenvalue weighted by atomic mass is 10.0. The van der Waals surface area contributed by atoms with E-state index in [-0.39, 0.29) is 0 Å². The molecule has 3 heteroatoms. The standard InChI is InChI=1S/C15H21N3/c1-11-12(8-6-10-16)15(18(2)3)13-7-4-5-9-14(13)17-11/h4-5,7,9H,6,8,10,16H2,1-3H3. The molecule has 0 saturated heterocycles. The molecule has 0 fully saturated rings. The zero-order valence-electron chi connectivity index (χ0n) is 11.4. The second-order valence-corrected chi connectivity index (χ2v) is 4.83. The molecule has 0 unspecified atom stereocenters. The number of nitrogens with zero attached hydrogens (tertiary/aromatic N) is 2. The Kier molecular flexibility index (Phi) is 3.82. The van der Waals surface area contributed by atoms with Gasteiger partial charge in [0.25, 0.3) is 0 Å². The molecule has 1 heterocycles. The predicted molar refractivity (Wildman–Crippen MR) is 78.2 cm³/mol. The number of pyridine rings is 1. The van der Waals surface area contributed by atoms with E-state index in [4.69, 9.17) is 10.7 Å². The van der Waals surface area contributed by atoms with Crippen LogP contribution in [0.4, 0.5) is 5.69 Å². The van der Waals surface area contributed by atoms with E-state index in [2.05, 4.69) is 44.1 Å². The number of hydrogen-bond acceptors (Lipinski definition) is 3. The molecular weight excluding hydrogens is 222 g/mol. The molecule has 1 aromatic heterocycles. The van der Waals surface area contributed by atoms with Crippen molar-refractivity contribution in [3.63, 3.8) is 0 Å². The van der Waals surface area contributed by atoms with Crippen molar-refractivity contribution in [1.82, 2.24) is 4.98 Å². The van der Waals surface area contributed by atoms with Crippen LogP contribution in [0.3, 0.4) is 0 Å². The molecule has 0 amide bonds. The first-order chi connectivity index (χ1) is 8.65. The Morgan fingerprint density at radius 2 is 1.94 bits per heavy atom. The van der Waals surface area contributed by atoms with Gasteiger partial charge in [0.1, 0.15) is 0 Å². The summed E-state index contributed by atoms with van der Waals surface area (Å²) in [5, 5.41) is 1.22. The summed E-state index contributed by atoms with van der Waals surface area (Å²) in [6.07, 6.45) is 2.00. The van der Waals surface area contributed by atoms with Crippen molar-refractivity contribution in [3.8, 4) is 0 Å². The lowest BCUT2D eigenvalue weighted by Gasteiger charge is -2.21. The summed E-state index contributed by atoms with van der Waals surface area (Å²) in [4.78, 5) is 6.89. The van der Waals surface area contributed by atoms with Crippen LogP contribution in [-0.2, 0) is 6.42 Å². The summed E-state index contributed by atoms with van der Waals surface area (Å²) in [5.41, 5.74) is 10.4. The number of hydrogen-bond donors (Lipinski definition) is 1. The first-order valence-corrected chi connectivity index (χ1v) is 6.40. The fourth-order valence-corrected chi connectivity index (χ4v) is 2.44. The fourth-order valence-electron chi connectivity index (χ4n) is 2.44. The number of aromatic nitrogens is 1. The molecule has 0 radical (unpaired) electrons. The predicted octanol–water partition coefficient (Wildman–Crippen LogP) is 2.50. The van der Waals surface area contributed by atoms with Crippen LogP contribution < -0.4 is 10.6 Å². The highest BCUT2D eigenvalue weighted by atomic mass is 15.1. The van der Waals surface area contributed by atoms with Gasteiger partial charge in [0.15, 0.2) is 0 Å². The summed E-state index contributed by atoms with van der Waals surface area (Å²) in [6.45, 7) is 2.81. The van der Waals surface area contributed by atoms with Crippen molar-refractivity contribution in [2.24, 2.45) is 5.73 Å². The van der Waals surface area contributed by atoms with Crippen LogP contribution in [0.2, 0.25) is 0 Å². The molecule has 0 aliphatic heterocycles. The maximum absolute atomic E-state index is 5.63. The van der Waals surface area contributed by atoms with Gasteiger partial charge in [0, 0.05) is 25.2 Å². The van der Waals surface area contributed by atoms with Gasteiger partial charge in [-0.25, -0.2) is 0 Å². The molecule has 0 atom stereocenters. The van der Waals surface area contributed by atoms with Gasteiger partial charge >= 0.3 is 0 Å². The molecule has 1 aromatic carbocycles. The first-order valence-electron chi connectivity index (χ1n) is 6.40. The summed E-state index contributed by atoms with van der Waals surface area (Å²) in [7, 11) is 4.18. The van der Waals surface area contributed by atoms with Crippen LogP contribution in [0.25, 0.3) is 10.9 Å². The highest BCUT2D eigenvalue weighted by Gasteiger charge is 2.13. The Balaban J connectivity index is 2.67. The average molecular weight is 243 g/mol. The number of benzene rings is 1. The molecule has 0 saturated carbocycles. The van der Waals surface area contributed by atoms with Crippen LogP contribution in [0.1, 0.15) is 17.7 Å². The van der Waals surface area contributed by atoms with Gasteiger partial charge in [-0.05, 0) is 37.9 Å². The normalized spacial score (nSPS) is 10.9.